The van der Waals surface area contributed by atoms with Gasteiger partial charge in [0.1, 0.15) is 11.1 Å². The van der Waals surface area contributed by atoms with Crippen molar-refractivity contribution in [2.45, 2.75) is 50.2 Å². The SMILES string of the molecule is CCCn1c(CN)nnc1SC1CC(=O)N(CC)C1=O. The molecule has 110 valence electrons. The van der Waals surface area contributed by atoms with Gasteiger partial charge < -0.3 is 10.3 Å². The molecule has 1 aliphatic rings. The quantitative estimate of drug-likeness (QED) is 0.763. The average Bonchev–Trinajstić information content (AvgIpc) is 2.93. The van der Waals surface area contributed by atoms with E-state index in [1.807, 2.05) is 4.57 Å². The van der Waals surface area contributed by atoms with Crippen LogP contribution < -0.4 is 5.73 Å². The second kappa shape index (κ2) is 6.36. The molecular weight excluding hydrogens is 278 g/mol. The number of likely N-dealkylation sites (tertiary alicyclic amines) is 1. The fourth-order valence-electron chi connectivity index (χ4n) is 2.21. The van der Waals surface area contributed by atoms with Gasteiger partial charge in [-0.3, -0.25) is 14.5 Å². The summed E-state index contributed by atoms with van der Waals surface area (Å²) < 4.78 is 1.93. The van der Waals surface area contributed by atoms with Gasteiger partial charge in [0.15, 0.2) is 5.16 Å². The summed E-state index contributed by atoms with van der Waals surface area (Å²) in [6, 6.07) is 0. The van der Waals surface area contributed by atoms with Crippen LogP contribution in [0.4, 0.5) is 0 Å². The van der Waals surface area contributed by atoms with Crippen LogP contribution in [0.15, 0.2) is 5.16 Å². The highest BCUT2D eigenvalue weighted by atomic mass is 32.2. The van der Waals surface area contributed by atoms with Gasteiger partial charge in [-0.05, 0) is 13.3 Å². The molecule has 8 heteroatoms. The average molecular weight is 297 g/mol. The number of nitrogens with zero attached hydrogens (tertiary/aromatic N) is 4. The van der Waals surface area contributed by atoms with Gasteiger partial charge >= 0.3 is 0 Å². The lowest BCUT2D eigenvalue weighted by Gasteiger charge is -2.12. The summed E-state index contributed by atoms with van der Waals surface area (Å²) in [5.74, 6) is 0.455. The highest BCUT2D eigenvalue weighted by molar-refractivity contribution is 8.00. The first kappa shape index (κ1) is 15.0. The van der Waals surface area contributed by atoms with Gasteiger partial charge in [0.05, 0.1) is 6.54 Å². The zero-order valence-electron chi connectivity index (χ0n) is 11.7. The maximum atomic E-state index is 12.1. The van der Waals surface area contributed by atoms with Gasteiger partial charge in [-0.2, -0.15) is 0 Å². The smallest absolute Gasteiger partial charge is 0.243 e. The molecule has 1 aromatic heterocycles. The van der Waals surface area contributed by atoms with Crippen LogP contribution in [0.2, 0.25) is 0 Å². The van der Waals surface area contributed by atoms with Crippen LogP contribution in [-0.2, 0) is 22.7 Å². The first-order valence-corrected chi connectivity index (χ1v) is 7.63. The standard InChI is InChI=1S/C12H19N5O2S/c1-3-5-17-9(7-13)14-15-12(17)20-8-6-10(18)16(4-2)11(8)19/h8H,3-7,13H2,1-2H3. The Bertz CT molecular complexity index is 516. The monoisotopic (exact) mass is 297 g/mol. The van der Waals surface area contributed by atoms with Crippen molar-refractivity contribution in [1.29, 1.82) is 0 Å². The van der Waals surface area contributed by atoms with Crippen LogP contribution >= 0.6 is 11.8 Å². The Morgan fingerprint density at radius 2 is 2.10 bits per heavy atom. The Morgan fingerprint density at radius 1 is 1.35 bits per heavy atom. The van der Waals surface area contributed by atoms with Gasteiger partial charge in [0, 0.05) is 19.5 Å². The third kappa shape index (κ3) is 2.71. The number of hydrogen-bond acceptors (Lipinski definition) is 6. The summed E-state index contributed by atoms with van der Waals surface area (Å²) in [6.45, 7) is 5.34. The van der Waals surface area contributed by atoms with Crippen molar-refractivity contribution in [3.63, 3.8) is 0 Å². The van der Waals surface area contributed by atoms with E-state index in [0.29, 0.717) is 24.1 Å². The summed E-state index contributed by atoms with van der Waals surface area (Å²) in [5, 5.41) is 8.40. The van der Waals surface area contributed by atoms with Crippen molar-refractivity contribution in [3.05, 3.63) is 5.82 Å². The zero-order chi connectivity index (χ0) is 14.7. The van der Waals surface area contributed by atoms with Crippen LogP contribution in [0.1, 0.15) is 32.5 Å². The van der Waals surface area contributed by atoms with Crippen LogP contribution in [0, 0.1) is 0 Å². The molecule has 0 bridgehead atoms. The van der Waals surface area contributed by atoms with Crippen molar-refractivity contribution in [1.82, 2.24) is 19.7 Å². The van der Waals surface area contributed by atoms with E-state index in [2.05, 4.69) is 17.1 Å². The van der Waals surface area contributed by atoms with E-state index in [1.165, 1.54) is 16.7 Å². The second-order valence-electron chi connectivity index (χ2n) is 4.54. The van der Waals surface area contributed by atoms with Gasteiger partial charge in [-0.1, -0.05) is 18.7 Å². The Kier molecular flexibility index (Phi) is 4.77. The number of rotatable bonds is 6. The van der Waals surface area contributed by atoms with Crippen LogP contribution in [0.25, 0.3) is 0 Å². The van der Waals surface area contributed by atoms with Crippen molar-refractivity contribution >= 4 is 23.6 Å². The minimum Gasteiger partial charge on any atom is -0.324 e. The van der Waals surface area contributed by atoms with E-state index < -0.39 is 5.25 Å². The third-order valence-electron chi connectivity index (χ3n) is 3.19. The molecule has 0 radical (unpaired) electrons. The highest BCUT2D eigenvalue weighted by Crippen LogP contribution is 2.30. The maximum Gasteiger partial charge on any atom is 0.243 e. The third-order valence-corrected chi connectivity index (χ3v) is 4.36. The number of carbonyl (C=O) groups excluding carboxylic acids is 2. The number of thioether (sulfide) groups is 1. The molecule has 2 rings (SSSR count). The van der Waals surface area contributed by atoms with Crippen molar-refractivity contribution in [2.24, 2.45) is 5.73 Å². The molecule has 1 saturated heterocycles. The summed E-state index contributed by atoms with van der Waals surface area (Å²) in [4.78, 5) is 25.1. The molecule has 0 aliphatic carbocycles. The number of hydrogen-bond donors (Lipinski definition) is 1. The molecular formula is C12H19N5O2S. The van der Waals surface area contributed by atoms with Gasteiger partial charge in [-0.15, -0.1) is 10.2 Å². The molecule has 2 heterocycles. The molecule has 1 aliphatic heterocycles. The van der Waals surface area contributed by atoms with Crippen molar-refractivity contribution < 1.29 is 9.59 Å². The number of aromatic nitrogens is 3. The van der Waals surface area contributed by atoms with E-state index in [1.54, 1.807) is 6.92 Å². The number of nitrogens with two attached hydrogens (primary N) is 1. The predicted molar refractivity (Wildman–Crippen MR) is 74.9 cm³/mol. The number of amides is 2. The Hall–Kier alpha value is -1.41. The topological polar surface area (TPSA) is 94.1 Å². The number of carbonyl (C=O) groups is 2. The fourth-order valence-corrected chi connectivity index (χ4v) is 3.33. The normalized spacial score (nSPS) is 19.1. The molecule has 0 spiro atoms. The van der Waals surface area contributed by atoms with Crippen molar-refractivity contribution in [3.8, 4) is 0 Å². The highest BCUT2D eigenvalue weighted by Gasteiger charge is 2.39. The predicted octanol–water partition coefficient (Wildman–Crippen LogP) is 0.386. The van der Waals surface area contributed by atoms with Crippen molar-refractivity contribution in [2.75, 3.05) is 6.54 Å². The van der Waals surface area contributed by atoms with Gasteiger partial charge in [-0.25, -0.2) is 0 Å². The lowest BCUT2D eigenvalue weighted by molar-refractivity contribution is -0.137. The van der Waals surface area contributed by atoms with E-state index in [-0.39, 0.29) is 18.2 Å². The Balaban J connectivity index is 2.16. The van der Waals surface area contributed by atoms with E-state index >= 15 is 0 Å². The molecule has 1 unspecified atom stereocenters. The Morgan fingerprint density at radius 3 is 2.65 bits per heavy atom. The minimum absolute atomic E-state index is 0.115. The van der Waals surface area contributed by atoms with Crippen LogP contribution in [-0.4, -0.2) is 43.3 Å². The first-order valence-electron chi connectivity index (χ1n) is 6.75. The Labute approximate surface area is 121 Å². The molecule has 2 N–H and O–H groups in total. The lowest BCUT2D eigenvalue weighted by Crippen LogP contribution is -2.30. The largest absolute Gasteiger partial charge is 0.324 e. The molecule has 2 amide bonds. The summed E-state index contributed by atoms with van der Waals surface area (Å²) in [5.41, 5.74) is 5.63. The fraction of sp³-hybridized carbons (Fsp3) is 0.667. The molecule has 0 aromatic carbocycles. The van der Waals surface area contributed by atoms with Gasteiger partial charge in [0.2, 0.25) is 11.8 Å². The van der Waals surface area contributed by atoms with Gasteiger partial charge in [0.25, 0.3) is 0 Å². The van der Waals surface area contributed by atoms with E-state index in [9.17, 15) is 9.59 Å². The lowest BCUT2D eigenvalue weighted by atomic mass is 10.4. The summed E-state index contributed by atoms with van der Waals surface area (Å²) in [7, 11) is 0. The molecule has 7 nitrogen and oxygen atoms in total. The molecule has 1 atom stereocenters. The molecule has 1 fully saturated rings. The number of imide groups is 1. The van der Waals surface area contributed by atoms with E-state index in [0.717, 1.165) is 13.0 Å². The first-order chi connectivity index (χ1) is 9.62. The second-order valence-corrected chi connectivity index (χ2v) is 5.71. The summed E-state index contributed by atoms with van der Waals surface area (Å²) >= 11 is 1.31. The van der Waals surface area contributed by atoms with Crippen LogP contribution in [0.5, 0.6) is 0 Å². The molecule has 20 heavy (non-hydrogen) atoms. The maximum absolute atomic E-state index is 12.1. The molecule has 0 saturated carbocycles. The van der Waals surface area contributed by atoms with Crippen LogP contribution in [0.3, 0.4) is 0 Å². The zero-order valence-corrected chi connectivity index (χ0v) is 12.5. The molecule has 1 aromatic rings. The summed E-state index contributed by atoms with van der Waals surface area (Å²) in [6.07, 6.45) is 1.16. The van der Waals surface area contributed by atoms with E-state index in [4.69, 9.17) is 5.73 Å². The minimum atomic E-state index is -0.395.